The van der Waals surface area contributed by atoms with Crippen molar-refractivity contribution >= 4 is 33.4 Å². The summed E-state index contributed by atoms with van der Waals surface area (Å²) in [7, 11) is 0. The molecule has 3 aromatic rings. The minimum absolute atomic E-state index is 0.114. The summed E-state index contributed by atoms with van der Waals surface area (Å²) >= 11 is 6.56. The van der Waals surface area contributed by atoms with Gasteiger partial charge < -0.3 is 0 Å². The summed E-state index contributed by atoms with van der Waals surface area (Å²) in [4.78, 5) is 4.68. The number of nitrogens with zero attached hydrogens (tertiary/aromatic N) is 1. The molecule has 0 saturated carbocycles. The zero-order chi connectivity index (χ0) is 13.6. The van der Waals surface area contributed by atoms with Crippen LogP contribution in [0.5, 0.6) is 0 Å². The first-order chi connectivity index (χ1) is 8.97. The molecule has 0 saturated heterocycles. The first kappa shape index (κ1) is 12.4. The van der Waals surface area contributed by atoms with Gasteiger partial charge in [0.05, 0.1) is 16.1 Å². The fourth-order valence-corrected chi connectivity index (χ4v) is 2.62. The van der Waals surface area contributed by atoms with Crippen molar-refractivity contribution in [1.29, 1.82) is 0 Å². The van der Waals surface area contributed by atoms with Crippen LogP contribution in [0.2, 0.25) is 5.02 Å². The molecule has 1 nitrogen and oxygen atoms in total. The summed E-state index contributed by atoms with van der Waals surface area (Å²) in [5.41, 5.74) is 3.29. The van der Waals surface area contributed by atoms with Gasteiger partial charge in [0.1, 0.15) is 0 Å². The summed E-state index contributed by atoms with van der Waals surface area (Å²) in [6.45, 7) is 6.61. The molecule has 0 N–H and O–H groups in total. The Morgan fingerprint density at radius 3 is 2.32 bits per heavy atom. The second-order valence-electron chi connectivity index (χ2n) is 5.92. The van der Waals surface area contributed by atoms with Crippen molar-refractivity contribution in [3.63, 3.8) is 0 Å². The van der Waals surface area contributed by atoms with E-state index in [4.69, 9.17) is 11.6 Å². The van der Waals surface area contributed by atoms with Crippen LogP contribution < -0.4 is 0 Å². The fraction of sp³-hybridized carbons (Fsp3) is 0.235. The van der Waals surface area contributed by atoms with Crippen molar-refractivity contribution in [2.75, 3.05) is 0 Å². The average molecular weight is 270 g/mol. The Morgan fingerprint density at radius 1 is 0.895 bits per heavy atom. The van der Waals surface area contributed by atoms with E-state index >= 15 is 0 Å². The SMILES string of the molecule is CC(C)(C)c1ccc2nc3ccccc3c(Cl)c2c1. The molecule has 2 aromatic carbocycles. The van der Waals surface area contributed by atoms with Crippen LogP contribution >= 0.6 is 11.6 Å². The van der Waals surface area contributed by atoms with Crippen LogP contribution in [0.1, 0.15) is 26.3 Å². The second kappa shape index (κ2) is 4.21. The predicted octanol–water partition coefficient (Wildman–Crippen LogP) is 5.34. The molecule has 1 aromatic heterocycles. The van der Waals surface area contributed by atoms with Gasteiger partial charge in [-0.2, -0.15) is 0 Å². The highest BCUT2D eigenvalue weighted by molar-refractivity contribution is 6.40. The van der Waals surface area contributed by atoms with Crippen LogP contribution in [0.3, 0.4) is 0 Å². The van der Waals surface area contributed by atoms with Crippen LogP contribution in [-0.4, -0.2) is 4.98 Å². The van der Waals surface area contributed by atoms with E-state index in [1.807, 2.05) is 24.3 Å². The molecule has 19 heavy (non-hydrogen) atoms. The molecule has 0 aliphatic heterocycles. The lowest BCUT2D eigenvalue weighted by Gasteiger charge is -2.19. The lowest BCUT2D eigenvalue weighted by atomic mass is 9.86. The summed E-state index contributed by atoms with van der Waals surface area (Å²) in [6, 6.07) is 14.4. The van der Waals surface area contributed by atoms with Crippen molar-refractivity contribution < 1.29 is 0 Å². The van der Waals surface area contributed by atoms with Crippen molar-refractivity contribution in [2.45, 2.75) is 26.2 Å². The highest BCUT2D eigenvalue weighted by Crippen LogP contribution is 2.33. The zero-order valence-electron chi connectivity index (χ0n) is 11.4. The van der Waals surface area contributed by atoms with E-state index in [0.717, 1.165) is 26.8 Å². The van der Waals surface area contributed by atoms with E-state index in [1.54, 1.807) is 0 Å². The molecule has 96 valence electrons. The Kier molecular flexibility index (Phi) is 2.75. The Balaban J connectivity index is 2.40. The molecule has 3 rings (SSSR count). The maximum Gasteiger partial charge on any atom is 0.0724 e. The normalized spacial score (nSPS) is 12.2. The maximum absolute atomic E-state index is 6.56. The highest BCUT2D eigenvalue weighted by Gasteiger charge is 2.15. The number of hydrogen-bond acceptors (Lipinski definition) is 1. The molecule has 0 aliphatic carbocycles. The van der Waals surface area contributed by atoms with Crippen LogP contribution in [0.25, 0.3) is 21.8 Å². The summed E-state index contributed by atoms with van der Waals surface area (Å²) < 4.78 is 0. The van der Waals surface area contributed by atoms with Gasteiger partial charge in [0.15, 0.2) is 0 Å². The third kappa shape index (κ3) is 2.08. The molecule has 0 spiro atoms. The van der Waals surface area contributed by atoms with Gasteiger partial charge in [-0.05, 0) is 29.2 Å². The second-order valence-corrected chi connectivity index (χ2v) is 6.30. The standard InChI is InChI=1S/C17H16ClN/c1-17(2,3)11-8-9-15-13(10-11)16(18)12-6-4-5-7-14(12)19-15/h4-10H,1-3H3. The van der Waals surface area contributed by atoms with Crippen LogP contribution in [-0.2, 0) is 5.41 Å². The highest BCUT2D eigenvalue weighted by atomic mass is 35.5. The van der Waals surface area contributed by atoms with Gasteiger partial charge in [-0.25, -0.2) is 4.98 Å². The average Bonchev–Trinajstić information content (AvgIpc) is 2.37. The summed E-state index contributed by atoms with van der Waals surface area (Å²) in [6.07, 6.45) is 0. The minimum atomic E-state index is 0.114. The van der Waals surface area contributed by atoms with Gasteiger partial charge in [-0.3, -0.25) is 0 Å². The number of aromatic nitrogens is 1. The van der Waals surface area contributed by atoms with Gasteiger partial charge in [-0.1, -0.05) is 56.6 Å². The van der Waals surface area contributed by atoms with Crippen molar-refractivity contribution in [3.05, 3.63) is 53.1 Å². The van der Waals surface area contributed by atoms with Crippen molar-refractivity contribution in [1.82, 2.24) is 4.98 Å². The number of halogens is 1. The Hall–Kier alpha value is -1.60. The van der Waals surface area contributed by atoms with E-state index in [2.05, 4.69) is 44.0 Å². The van der Waals surface area contributed by atoms with Crippen LogP contribution in [0.15, 0.2) is 42.5 Å². The van der Waals surface area contributed by atoms with Gasteiger partial charge in [0.25, 0.3) is 0 Å². The third-order valence-electron chi connectivity index (χ3n) is 3.48. The van der Waals surface area contributed by atoms with Crippen molar-refractivity contribution in [2.24, 2.45) is 0 Å². The lowest BCUT2D eigenvalue weighted by Crippen LogP contribution is -2.10. The monoisotopic (exact) mass is 269 g/mol. The zero-order valence-corrected chi connectivity index (χ0v) is 12.1. The topological polar surface area (TPSA) is 12.9 Å². The first-order valence-electron chi connectivity index (χ1n) is 6.45. The molecule has 0 amide bonds. The smallest absolute Gasteiger partial charge is 0.0724 e. The van der Waals surface area contributed by atoms with E-state index in [0.29, 0.717) is 0 Å². The van der Waals surface area contributed by atoms with E-state index < -0.39 is 0 Å². The van der Waals surface area contributed by atoms with Gasteiger partial charge in [0, 0.05) is 10.8 Å². The molecular formula is C17H16ClN. The number of benzene rings is 2. The summed E-state index contributed by atoms with van der Waals surface area (Å²) in [5, 5.41) is 2.85. The Morgan fingerprint density at radius 2 is 1.58 bits per heavy atom. The molecule has 1 heterocycles. The van der Waals surface area contributed by atoms with E-state index in [9.17, 15) is 0 Å². The molecule has 0 fully saturated rings. The molecule has 0 bridgehead atoms. The number of pyridine rings is 1. The fourth-order valence-electron chi connectivity index (χ4n) is 2.31. The number of hydrogen-bond donors (Lipinski definition) is 0. The maximum atomic E-state index is 6.56. The van der Waals surface area contributed by atoms with Crippen LogP contribution in [0.4, 0.5) is 0 Å². The molecule has 0 radical (unpaired) electrons. The predicted molar refractivity (Wildman–Crippen MR) is 83.0 cm³/mol. The molecular weight excluding hydrogens is 254 g/mol. The number of para-hydroxylation sites is 1. The van der Waals surface area contributed by atoms with Crippen molar-refractivity contribution in [3.8, 4) is 0 Å². The summed E-state index contributed by atoms with van der Waals surface area (Å²) in [5.74, 6) is 0. The van der Waals surface area contributed by atoms with E-state index in [1.165, 1.54) is 5.56 Å². The van der Waals surface area contributed by atoms with E-state index in [-0.39, 0.29) is 5.41 Å². The van der Waals surface area contributed by atoms with Gasteiger partial charge in [-0.15, -0.1) is 0 Å². The third-order valence-corrected chi connectivity index (χ3v) is 3.89. The quantitative estimate of drug-likeness (QED) is 0.502. The van der Waals surface area contributed by atoms with Gasteiger partial charge >= 0.3 is 0 Å². The number of rotatable bonds is 0. The molecule has 2 heteroatoms. The largest absolute Gasteiger partial charge is 0.248 e. The van der Waals surface area contributed by atoms with Gasteiger partial charge in [0.2, 0.25) is 0 Å². The molecule has 0 aliphatic rings. The Labute approximate surface area is 118 Å². The minimum Gasteiger partial charge on any atom is -0.248 e. The number of fused-ring (bicyclic) bond motifs is 2. The van der Waals surface area contributed by atoms with Crippen LogP contribution in [0, 0.1) is 0 Å². The molecule has 0 unspecified atom stereocenters. The Bertz CT molecular complexity index is 769. The first-order valence-corrected chi connectivity index (χ1v) is 6.83. The lowest BCUT2D eigenvalue weighted by molar-refractivity contribution is 0.591. The molecule has 0 atom stereocenters.